The molecule has 22 heavy (non-hydrogen) atoms. The third-order valence-corrected chi connectivity index (χ3v) is 3.98. The quantitative estimate of drug-likeness (QED) is 0.668. The molecule has 0 unspecified atom stereocenters. The third-order valence-electron chi connectivity index (χ3n) is 3.98. The lowest BCUT2D eigenvalue weighted by molar-refractivity contribution is 0.0988. The van der Waals surface area contributed by atoms with Crippen LogP contribution in [0.1, 0.15) is 49.0 Å². The number of aryl methyl sites for hydroxylation is 1. The second-order valence-corrected chi connectivity index (χ2v) is 5.72. The van der Waals surface area contributed by atoms with Crippen molar-refractivity contribution in [3.63, 3.8) is 0 Å². The molecule has 0 amide bonds. The van der Waals surface area contributed by atoms with E-state index >= 15 is 0 Å². The van der Waals surface area contributed by atoms with Crippen LogP contribution in [0.2, 0.25) is 0 Å². The molecule has 1 aromatic heterocycles. The van der Waals surface area contributed by atoms with Crippen molar-refractivity contribution in [3.05, 3.63) is 41.7 Å². The van der Waals surface area contributed by atoms with Gasteiger partial charge in [0, 0.05) is 36.8 Å². The number of carbonyl (C=O) groups is 1. The van der Waals surface area contributed by atoms with Crippen LogP contribution >= 0.6 is 0 Å². The van der Waals surface area contributed by atoms with Crippen molar-refractivity contribution in [2.24, 2.45) is 0 Å². The van der Waals surface area contributed by atoms with Crippen molar-refractivity contribution in [2.75, 3.05) is 18.5 Å². The van der Waals surface area contributed by atoms with Gasteiger partial charge < -0.3 is 9.32 Å². The Morgan fingerprint density at radius 3 is 2.64 bits per heavy atom. The summed E-state index contributed by atoms with van der Waals surface area (Å²) in [4.78, 5) is 14.3. The first-order valence-corrected chi connectivity index (χ1v) is 8.01. The van der Waals surface area contributed by atoms with Crippen LogP contribution in [0.25, 0.3) is 11.3 Å². The Hall–Kier alpha value is -2.03. The van der Waals surface area contributed by atoms with Crippen LogP contribution in [0.4, 0.5) is 5.69 Å². The lowest BCUT2D eigenvalue weighted by Crippen LogP contribution is -2.20. The summed E-state index contributed by atoms with van der Waals surface area (Å²) in [6, 6.07) is 7.85. The first-order chi connectivity index (χ1) is 10.6. The minimum Gasteiger partial charge on any atom is -0.464 e. The highest BCUT2D eigenvalue weighted by molar-refractivity contribution is 5.98. The van der Waals surface area contributed by atoms with Gasteiger partial charge in [-0.2, -0.15) is 0 Å². The topological polar surface area (TPSA) is 33.5 Å². The first kappa shape index (κ1) is 16.3. The number of anilines is 1. The number of unbranched alkanes of at least 4 members (excludes halogenated alkanes) is 1. The van der Waals surface area contributed by atoms with Crippen molar-refractivity contribution in [1.82, 2.24) is 0 Å². The maximum atomic E-state index is 12.1. The predicted octanol–water partition coefficient (Wildman–Crippen LogP) is 5.08. The zero-order chi connectivity index (χ0) is 16.1. The third kappa shape index (κ3) is 3.41. The van der Waals surface area contributed by atoms with Gasteiger partial charge in [0.15, 0.2) is 5.78 Å². The molecule has 0 aliphatic heterocycles. The van der Waals surface area contributed by atoms with Crippen LogP contribution in [-0.4, -0.2) is 19.4 Å². The number of Topliss-reactive ketones (excluding diaryl/α,β-unsaturated/α-hetero) is 1. The van der Waals surface area contributed by atoms with E-state index in [4.69, 9.17) is 4.42 Å². The highest BCUT2D eigenvalue weighted by atomic mass is 16.3. The van der Waals surface area contributed by atoms with Gasteiger partial charge in [-0.15, -0.1) is 0 Å². The monoisotopic (exact) mass is 299 g/mol. The molecule has 1 heterocycles. The summed E-state index contributed by atoms with van der Waals surface area (Å²) < 4.78 is 5.61. The number of hydrogen-bond donors (Lipinski definition) is 0. The smallest absolute Gasteiger partial charge is 0.162 e. The molecule has 3 nitrogen and oxygen atoms in total. The highest BCUT2D eigenvalue weighted by Gasteiger charge is 2.17. The Morgan fingerprint density at radius 1 is 1.27 bits per heavy atom. The summed E-state index contributed by atoms with van der Waals surface area (Å²) in [5.74, 6) is 1.03. The van der Waals surface area contributed by atoms with E-state index in [2.05, 4.69) is 18.9 Å². The van der Waals surface area contributed by atoms with Crippen LogP contribution in [0, 0.1) is 6.92 Å². The molecule has 3 heteroatoms. The number of rotatable bonds is 7. The van der Waals surface area contributed by atoms with Gasteiger partial charge in [0.1, 0.15) is 5.76 Å². The van der Waals surface area contributed by atoms with Crippen molar-refractivity contribution in [3.8, 4) is 11.3 Å². The molecule has 0 saturated heterocycles. The van der Waals surface area contributed by atoms with Gasteiger partial charge in [-0.3, -0.25) is 4.79 Å². The van der Waals surface area contributed by atoms with Gasteiger partial charge >= 0.3 is 0 Å². The Labute approximate surface area is 132 Å². The summed E-state index contributed by atoms with van der Waals surface area (Å²) >= 11 is 0. The van der Waals surface area contributed by atoms with Crippen LogP contribution in [0.15, 0.2) is 34.9 Å². The lowest BCUT2D eigenvalue weighted by atomic mass is 9.97. The molecule has 0 atom stereocenters. The molecule has 118 valence electrons. The van der Waals surface area contributed by atoms with E-state index in [1.165, 1.54) is 0 Å². The normalized spacial score (nSPS) is 10.7. The standard InChI is InChI=1S/C19H25NO2/c1-5-7-10-20(4)16-13-15(17(21)6-2)12-14(3)19(16)18-9-8-11-22-18/h8-9,11-13H,5-7,10H2,1-4H3. The van der Waals surface area contributed by atoms with Gasteiger partial charge in [0.2, 0.25) is 0 Å². The van der Waals surface area contributed by atoms with E-state index in [0.717, 1.165) is 47.5 Å². The molecule has 0 radical (unpaired) electrons. The second kappa shape index (κ2) is 7.30. The zero-order valence-electron chi connectivity index (χ0n) is 14.0. The van der Waals surface area contributed by atoms with E-state index in [0.29, 0.717) is 6.42 Å². The van der Waals surface area contributed by atoms with Crippen LogP contribution < -0.4 is 4.90 Å². The Morgan fingerprint density at radius 2 is 2.05 bits per heavy atom. The molecular weight excluding hydrogens is 274 g/mol. The van der Waals surface area contributed by atoms with E-state index in [1.54, 1.807) is 6.26 Å². The van der Waals surface area contributed by atoms with Crippen LogP contribution in [-0.2, 0) is 0 Å². The maximum absolute atomic E-state index is 12.1. The predicted molar refractivity (Wildman–Crippen MR) is 91.7 cm³/mol. The SMILES string of the molecule is CCCCN(C)c1cc(C(=O)CC)cc(C)c1-c1ccco1. The van der Waals surface area contributed by atoms with Crippen molar-refractivity contribution in [1.29, 1.82) is 0 Å². The highest BCUT2D eigenvalue weighted by Crippen LogP contribution is 2.35. The van der Waals surface area contributed by atoms with Crippen molar-refractivity contribution >= 4 is 11.5 Å². The fourth-order valence-electron chi connectivity index (χ4n) is 2.69. The number of furan rings is 1. The Balaban J connectivity index is 2.53. The molecule has 0 bridgehead atoms. The fourth-order valence-corrected chi connectivity index (χ4v) is 2.69. The van der Waals surface area contributed by atoms with Crippen molar-refractivity contribution in [2.45, 2.75) is 40.0 Å². The van der Waals surface area contributed by atoms with Gasteiger partial charge in [-0.1, -0.05) is 20.3 Å². The molecule has 1 aromatic carbocycles. The molecule has 0 fully saturated rings. The van der Waals surface area contributed by atoms with Crippen LogP contribution in [0.3, 0.4) is 0 Å². The average molecular weight is 299 g/mol. The summed E-state index contributed by atoms with van der Waals surface area (Å²) in [6.45, 7) is 7.09. The molecular formula is C19H25NO2. The number of hydrogen-bond acceptors (Lipinski definition) is 3. The Bertz CT molecular complexity index is 629. The molecule has 0 saturated carbocycles. The molecule has 0 aliphatic rings. The summed E-state index contributed by atoms with van der Waals surface area (Å²) in [5, 5.41) is 0. The van der Waals surface area contributed by atoms with E-state index in [9.17, 15) is 4.79 Å². The van der Waals surface area contributed by atoms with Gasteiger partial charge in [-0.25, -0.2) is 0 Å². The maximum Gasteiger partial charge on any atom is 0.162 e. The van der Waals surface area contributed by atoms with Gasteiger partial charge in [-0.05, 0) is 43.2 Å². The number of ketones is 1. The number of carbonyl (C=O) groups excluding carboxylic acids is 1. The Kier molecular flexibility index (Phi) is 5.42. The van der Waals surface area contributed by atoms with E-state index in [1.807, 2.05) is 38.1 Å². The number of nitrogens with zero attached hydrogens (tertiary/aromatic N) is 1. The first-order valence-electron chi connectivity index (χ1n) is 8.01. The van der Waals surface area contributed by atoms with Crippen molar-refractivity contribution < 1.29 is 9.21 Å². The molecule has 2 aromatic rings. The lowest BCUT2D eigenvalue weighted by Gasteiger charge is -2.24. The second-order valence-electron chi connectivity index (χ2n) is 5.72. The summed E-state index contributed by atoms with van der Waals surface area (Å²) in [6.07, 6.45) is 4.49. The molecule has 2 rings (SSSR count). The van der Waals surface area contributed by atoms with E-state index in [-0.39, 0.29) is 5.78 Å². The minimum atomic E-state index is 0.180. The fraction of sp³-hybridized carbons (Fsp3) is 0.421. The summed E-state index contributed by atoms with van der Waals surface area (Å²) in [5.41, 5.74) is 4.01. The average Bonchev–Trinajstić information content (AvgIpc) is 3.04. The zero-order valence-corrected chi connectivity index (χ0v) is 14.0. The minimum absolute atomic E-state index is 0.180. The van der Waals surface area contributed by atoms with Gasteiger partial charge in [0.05, 0.1) is 6.26 Å². The van der Waals surface area contributed by atoms with Crippen LogP contribution in [0.5, 0.6) is 0 Å². The largest absolute Gasteiger partial charge is 0.464 e. The van der Waals surface area contributed by atoms with Gasteiger partial charge in [0.25, 0.3) is 0 Å². The molecule has 0 N–H and O–H groups in total. The van der Waals surface area contributed by atoms with E-state index < -0.39 is 0 Å². The molecule has 0 aliphatic carbocycles. The number of benzene rings is 1. The summed E-state index contributed by atoms with van der Waals surface area (Å²) in [7, 11) is 2.08. The molecule has 0 spiro atoms.